The number of unbranched alkanes of at least 4 members (excludes halogenated alkanes) is 4. The van der Waals surface area contributed by atoms with Crippen LogP contribution in [0.5, 0.6) is 0 Å². The summed E-state index contributed by atoms with van der Waals surface area (Å²) in [5, 5.41) is 0.309. The average Bonchev–Trinajstić information content (AvgIpc) is 2.64. The number of hydrogen-bond donors (Lipinski definition) is 0. The van der Waals surface area contributed by atoms with Crippen molar-refractivity contribution in [3.05, 3.63) is 66.3 Å². The molecule has 0 spiro atoms. The van der Waals surface area contributed by atoms with E-state index in [-0.39, 0.29) is 0 Å². The second-order valence-electron chi connectivity index (χ2n) is 8.61. The summed E-state index contributed by atoms with van der Waals surface area (Å²) in [7, 11) is -1.56. The molecule has 0 aliphatic carbocycles. The van der Waals surface area contributed by atoms with Gasteiger partial charge in [0.2, 0.25) is 0 Å². The molecule has 0 fully saturated rings. The quantitative estimate of drug-likeness (QED) is 0.170. The zero-order chi connectivity index (χ0) is 20.7. The Bertz CT molecular complexity index is 679. The Morgan fingerprint density at radius 3 is 2.29 bits per heavy atom. The van der Waals surface area contributed by atoms with Crippen LogP contribution in [0.3, 0.4) is 0 Å². The molecule has 0 saturated carbocycles. The molecule has 0 bridgehead atoms. The van der Waals surface area contributed by atoms with Gasteiger partial charge in [-0.2, -0.15) is 0 Å². The van der Waals surface area contributed by atoms with Gasteiger partial charge in [-0.3, -0.25) is 0 Å². The van der Waals surface area contributed by atoms with E-state index < -0.39 is 8.32 Å². The van der Waals surface area contributed by atoms with E-state index in [9.17, 15) is 0 Å². The molecule has 1 aromatic rings. The molecule has 1 rings (SSSR count). The van der Waals surface area contributed by atoms with E-state index >= 15 is 0 Å². The van der Waals surface area contributed by atoms with E-state index in [0.29, 0.717) is 5.04 Å². The van der Waals surface area contributed by atoms with Gasteiger partial charge >= 0.3 is 0 Å². The SMILES string of the molecule is CC(C)(C)[Si](C)(C)OCCCCCCC#C/C=C/C=C/C=C/c1ccccc1. The first-order valence-corrected chi connectivity index (χ1v) is 13.4. The van der Waals surface area contributed by atoms with Crippen molar-refractivity contribution in [1.82, 2.24) is 0 Å². The summed E-state index contributed by atoms with van der Waals surface area (Å²) in [6, 6.07) is 10.3. The minimum Gasteiger partial charge on any atom is -0.417 e. The van der Waals surface area contributed by atoms with E-state index in [2.05, 4.69) is 63.9 Å². The molecule has 1 aromatic carbocycles. The maximum atomic E-state index is 6.21. The molecule has 1 nitrogen and oxygen atoms in total. The lowest BCUT2D eigenvalue weighted by Crippen LogP contribution is -2.40. The van der Waals surface area contributed by atoms with Gasteiger partial charge in [0.1, 0.15) is 0 Å². The van der Waals surface area contributed by atoms with Crippen molar-refractivity contribution < 1.29 is 4.43 Å². The van der Waals surface area contributed by atoms with Crippen LogP contribution in [0.15, 0.2) is 60.7 Å². The van der Waals surface area contributed by atoms with Crippen molar-refractivity contribution >= 4 is 14.4 Å². The molecule has 0 amide bonds. The highest BCUT2D eigenvalue weighted by molar-refractivity contribution is 6.74. The minimum atomic E-state index is -1.56. The molecule has 2 heteroatoms. The van der Waals surface area contributed by atoms with Gasteiger partial charge in [0, 0.05) is 13.0 Å². The third-order valence-electron chi connectivity index (χ3n) is 5.17. The Morgan fingerprint density at radius 1 is 0.893 bits per heavy atom. The Kier molecular flexibility index (Phi) is 11.6. The average molecular weight is 395 g/mol. The van der Waals surface area contributed by atoms with Crippen LogP contribution in [0, 0.1) is 11.8 Å². The van der Waals surface area contributed by atoms with Crippen LogP contribution in [-0.2, 0) is 4.43 Å². The van der Waals surface area contributed by atoms with Crippen molar-refractivity contribution in [2.75, 3.05) is 6.61 Å². The van der Waals surface area contributed by atoms with Crippen LogP contribution in [0.1, 0.15) is 58.4 Å². The lowest BCUT2D eigenvalue weighted by Gasteiger charge is -2.36. The van der Waals surface area contributed by atoms with Gasteiger partial charge in [0.15, 0.2) is 8.32 Å². The molecule has 152 valence electrons. The van der Waals surface area contributed by atoms with Gasteiger partial charge < -0.3 is 4.43 Å². The lowest BCUT2D eigenvalue weighted by atomic mass is 10.1. The second kappa shape index (κ2) is 13.4. The molecule has 0 atom stereocenters. The first-order valence-electron chi connectivity index (χ1n) is 10.5. The number of hydrogen-bond acceptors (Lipinski definition) is 1. The van der Waals surface area contributed by atoms with E-state index in [1.807, 2.05) is 48.6 Å². The van der Waals surface area contributed by atoms with Crippen LogP contribution < -0.4 is 0 Å². The zero-order valence-electron chi connectivity index (χ0n) is 18.5. The minimum absolute atomic E-state index is 0.309. The molecule has 0 aliphatic heterocycles. The van der Waals surface area contributed by atoms with Crippen molar-refractivity contribution in [3.63, 3.8) is 0 Å². The maximum Gasteiger partial charge on any atom is 0.191 e. The summed E-state index contributed by atoms with van der Waals surface area (Å²) < 4.78 is 6.21. The Hall–Kier alpha value is -1.82. The highest BCUT2D eigenvalue weighted by Crippen LogP contribution is 2.36. The Morgan fingerprint density at radius 2 is 1.57 bits per heavy atom. The third kappa shape index (κ3) is 11.1. The van der Waals surface area contributed by atoms with Crippen molar-refractivity contribution in [2.45, 2.75) is 71.0 Å². The van der Waals surface area contributed by atoms with Gasteiger partial charge in [-0.15, -0.1) is 0 Å². The standard InChI is InChI=1S/C26H38OSi/c1-26(2,3)28(4,5)27-24-20-15-13-11-9-7-6-8-10-12-14-17-21-25-22-18-16-19-23-25/h8,10,12,14,16-19,21-23H,9,11,13,15,20,24H2,1-5H3/b10-8+,14-12+,21-17+. The van der Waals surface area contributed by atoms with Gasteiger partial charge in [0.25, 0.3) is 0 Å². The second-order valence-corrected chi connectivity index (χ2v) is 13.4. The molecule has 0 aliphatic rings. The van der Waals surface area contributed by atoms with Gasteiger partial charge in [-0.25, -0.2) is 0 Å². The highest BCUT2D eigenvalue weighted by Gasteiger charge is 2.36. The molecule has 0 radical (unpaired) electrons. The van der Waals surface area contributed by atoms with Crippen LogP contribution in [-0.4, -0.2) is 14.9 Å². The predicted molar refractivity (Wildman–Crippen MR) is 128 cm³/mol. The van der Waals surface area contributed by atoms with E-state index in [1.165, 1.54) is 31.2 Å². The van der Waals surface area contributed by atoms with Gasteiger partial charge in [-0.1, -0.05) is 106 Å². The Labute approximate surface area is 174 Å². The van der Waals surface area contributed by atoms with Crippen LogP contribution in [0.2, 0.25) is 18.1 Å². The van der Waals surface area contributed by atoms with Crippen molar-refractivity contribution in [3.8, 4) is 11.8 Å². The fraction of sp³-hybridized carbons (Fsp3) is 0.462. The van der Waals surface area contributed by atoms with Crippen LogP contribution in [0.4, 0.5) is 0 Å². The third-order valence-corrected chi connectivity index (χ3v) is 9.71. The number of rotatable bonds is 10. The Balaban J connectivity index is 2.05. The summed E-state index contributed by atoms with van der Waals surface area (Å²) in [5.74, 6) is 6.33. The van der Waals surface area contributed by atoms with E-state index in [1.54, 1.807) is 0 Å². The summed E-state index contributed by atoms with van der Waals surface area (Å²) >= 11 is 0. The monoisotopic (exact) mass is 394 g/mol. The molecule has 0 N–H and O–H groups in total. The molecule has 0 aromatic heterocycles. The first kappa shape index (κ1) is 24.2. The topological polar surface area (TPSA) is 9.23 Å². The normalized spacial score (nSPS) is 12.8. The van der Waals surface area contributed by atoms with Gasteiger partial charge in [-0.05, 0) is 42.6 Å². The molecular formula is C26H38OSi. The predicted octanol–water partition coefficient (Wildman–Crippen LogP) is 7.79. The smallest absolute Gasteiger partial charge is 0.191 e. The summed E-state index contributed by atoms with van der Waals surface area (Å²) in [6.07, 6.45) is 17.9. The van der Waals surface area contributed by atoms with Crippen LogP contribution >= 0.6 is 0 Å². The van der Waals surface area contributed by atoms with Crippen LogP contribution in [0.25, 0.3) is 6.08 Å². The molecule has 0 unspecified atom stereocenters. The molecule has 0 heterocycles. The van der Waals surface area contributed by atoms with Crippen molar-refractivity contribution in [1.29, 1.82) is 0 Å². The van der Waals surface area contributed by atoms with Gasteiger partial charge in [0.05, 0.1) is 0 Å². The molecule has 28 heavy (non-hydrogen) atoms. The van der Waals surface area contributed by atoms with E-state index in [4.69, 9.17) is 4.43 Å². The number of benzene rings is 1. The fourth-order valence-corrected chi connectivity index (χ4v) is 3.39. The summed E-state index contributed by atoms with van der Waals surface area (Å²) in [4.78, 5) is 0. The molecule has 0 saturated heterocycles. The largest absolute Gasteiger partial charge is 0.417 e. The number of allylic oxidation sites excluding steroid dienone is 5. The first-order chi connectivity index (χ1) is 13.3. The maximum absolute atomic E-state index is 6.21. The van der Waals surface area contributed by atoms with E-state index in [0.717, 1.165) is 13.0 Å². The highest BCUT2D eigenvalue weighted by atomic mass is 28.4. The zero-order valence-corrected chi connectivity index (χ0v) is 19.5. The summed E-state index contributed by atoms with van der Waals surface area (Å²) in [5.41, 5.74) is 1.21. The lowest BCUT2D eigenvalue weighted by molar-refractivity contribution is 0.277. The molecular weight excluding hydrogens is 356 g/mol. The summed E-state index contributed by atoms with van der Waals surface area (Å²) in [6.45, 7) is 12.4. The van der Waals surface area contributed by atoms with Crippen molar-refractivity contribution in [2.24, 2.45) is 0 Å². The fourth-order valence-electron chi connectivity index (χ4n) is 2.31.